The quantitative estimate of drug-likeness (QED) is 0.788. The van der Waals surface area contributed by atoms with Gasteiger partial charge in [0.1, 0.15) is 11.3 Å². The van der Waals surface area contributed by atoms with Crippen molar-refractivity contribution in [2.24, 2.45) is 0 Å². The van der Waals surface area contributed by atoms with Crippen LogP contribution in [-0.2, 0) is 0 Å². The van der Waals surface area contributed by atoms with Gasteiger partial charge in [-0.2, -0.15) is 0 Å². The highest BCUT2D eigenvalue weighted by Crippen LogP contribution is 2.45. The van der Waals surface area contributed by atoms with Crippen molar-refractivity contribution in [1.29, 1.82) is 0 Å². The van der Waals surface area contributed by atoms with Crippen molar-refractivity contribution in [2.75, 3.05) is 7.11 Å². The van der Waals surface area contributed by atoms with Gasteiger partial charge in [-0.05, 0) is 42.5 Å². The molecule has 82 valence electrons. The molecular formula is C13H12ClNO. The molecule has 1 aliphatic rings. The zero-order chi connectivity index (χ0) is 11.1. The number of nitrogens with zero attached hydrogens (tertiary/aromatic N) is 1. The third kappa shape index (κ3) is 1.45. The Morgan fingerprint density at radius 3 is 2.81 bits per heavy atom. The highest BCUT2D eigenvalue weighted by Gasteiger charge is 2.26. The van der Waals surface area contributed by atoms with Crippen LogP contribution >= 0.6 is 11.6 Å². The Labute approximate surface area is 99.2 Å². The van der Waals surface area contributed by atoms with Crippen LogP contribution in [0.4, 0.5) is 0 Å². The highest BCUT2D eigenvalue weighted by molar-refractivity contribution is 6.36. The molecule has 0 radical (unpaired) electrons. The standard InChI is InChI=1S/C13H12ClNO/c1-16-11-5-4-10(14)12-9(8-2-3-8)6-7-15-13(11)12/h4-8H,2-3H2,1H3. The Hall–Kier alpha value is -1.28. The van der Waals surface area contributed by atoms with Gasteiger partial charge in [-0.3, -0.25) is 4.98 Å². The van der Waals surface area contributed by atoms with Gasteiger partial charge in [0, 0.05) is 11.6 Å². The third-order valence-corrected chi connectivity index (χ3v) is 3.39. The highest BCUT2D eigenvalue weighted by atomic mass is 35.5. The SMILES string of the molecule is COc1ccc(Cl)c2c(C3CC3)ccnc12. The summed E-state index contributed by atoms with van der Waals surface area (Å²) in [5.41, 5.74) is 2.19. The predicted octanol–water partition coefficient (Wildman–Crippen LogP) is 3.77. The number of rotatable bonds is 2. The third-order valence-electron chi connectivity index (χ3n) is 3.07. The zero-order valence-corrected chi connectivity index (χ0v) is 9.79. The number of ether oxygens (including phenoxy) is 1. The molecule has 0 saturated heterocycles. The van der Waals surface area contributed by atoms with Crippen molar-refractivity contribution in [2.45, 2.75) is 18.8 Å². The van der Waals surface area contributed by atoms with E-state index in [1.807, 2.05) is 18.3 Å². The molecular weight excluding hydrogens is 222 g/mol. The minimum Gasteiger partial charge on any atom is -0.494 e. The van der Waals surface area contributed by atoms with Crippen LogP contribution in [0, 0.1) is 0 Å². The van der Waals surface area contributed by atoms with Crippen molar-refractivity contribution in [3.05, 3.63) is 35.0 Å². The number of aromatic nitrogens is 1. The molecule has 1 aromatic carbocycles. The van der Waals surface area contributed by atoms with Gasteiger partial charge in [-0.25, -0.2) is 0 Å². The second kappa shape index (κ2) is 3.63. The van der Waals surface area contributed by atoms with Crippen LogP contribution < -0.4 is 4.74 Å². The van der Waals surface area contributed by atoms with Crippen LogP contribution in [0.5, 0.6) is 5.75 Å². The molecule has 0 amide bonds. The minimum atomic E-state index is 0.662. The summed E-state index contributed by atoms with van der Waals surface area (Å²) in [7, 11) is 1.66. The number of methoxy groups -OCH3 is 1. The molecule has 3 rings (SSSR count). The summed E-state index contributed by atoms with van der Waals surface area (Å²) < 4.78 is 5.32. The topological polar surface area (TPSA) is 22.1 Å². The van der Waals surface area contributed by atoms with Gasteiger partial charge < -0.3 is 4.74 Å². The number of fused-ring (bicyclic) bond motifs is 1. The van der Waals surface area contributed by atoms with Gasteiger partial charge in [0.25, 0.3) is 0 Å². The molecule has 1 heterocycles. The van der Waals surface area contributed by atoms with E-state index < -0.39 is 0 Å². The Morgan fingerprint density at radius 2 is 2.12 bits per heavy atom. The van der Waals surface area contributed by atoms with E-state index in [0.717, 1.165) is 21.7 Å². The molecule has 1 fully saturated rings. The van der Waals surface area contributed by atoms with E-state index in [9.17, 15) is 0 Å². The van der Waals surface area contributed by atoms with Crippen LogP contribution in [0.2, 0.25) is 5.02 Å². The average Bonchev–Trinajstić information content (AvgIpc) is 3.13. The molecule has 2 nitrogen and oxygen atoms in total. The van der Waals surface area contributed by atoms with Gasteiger partial charge in [0.2, 0.25) is 0 Å². The maximum Gasteiger partial charge on any atom is 0.145 e. The number of hydrogen-bond donors (Lipinski definition) is 0. The van der Waals surface area contributed by atoms with E-state index in [1.54, 1.807) is 7.11 Å². The first-order chi connectivity index (χ1) is 7.81. The van der Waals surface area contributed by atoms with E-state index in [-0.39, 0.29) is 0 Å². The Kier molecular flexibility index (Phi) is 2.25. The maximum atomic E-state index is 6.27. The molecule has 0 N–H and O–H groups in total. The minimum absolute atomic E-state index is 0.662. The molecule has 3 heteroatoms. The van der Waals surface area contributed by atoms with E-state index >= 15 is 0 Å². The van der Waals surface area contributed by atoms with Gasteiger partial charge in [-0.15, -0.1) is 0 Å². The molecule has 0 unspecified atom stereocenters. The molecule has 1 aromatic heterocycles. The second-order valence-corrected chi connectivity index (χ2v) is 4.55. The molecule has 1 saturated carbocycles. The van der Waals surface area contributed by atoms with E-state index in [4.69, 9.17) is 16.3 Å². The largest absolute Gasteiger partial charge is 0.494 e. The summed E-state index contributed by atoms with van der Waals surface area (Å²) in [6.07, 6.45) is 4.36. The number of pyridine rings is 1. The summed E-state index contributed by atoms with van der Waals surface area (Å²) in [4.78, 5) is 4.37. The lowest BCUT2D eigenvalue weighted by atomic mass is 10.0. The summed E-state index contributed by atoms with van der Waals surface area (Å²) in [6, 6.07) is 5.83. The van der Waals surface area contributed by atoms with Gasteiger partial charge in [0.15, 0.2) is 0 Å². The summed E-state index contributed by atoms with van der Waals surface area (Å²) in [5, 5.41) is 1.83. The lowest BCUT2D eigenvalue weighted by Gasteiger charge is -2.09. The van der Waals surface area contributed by atoms with Crippen LogP contribution in [0.1, 0.15) is 24.3 Å². The average molecular weight is 234 g/mol. The van der Waals surface area contributed by atoms with Crippen LogP contribution in [-0.4, -0.2) is 12.1 Å². The van der Waals surface area contributed by atoms with Crippen molar-refractivity contribution >= 4 is 22.5 Å². The van der Waals surface area contributed by atoms with Gasteiger partial charge in [-0.1, -0.05) is 11.6 Å². The summed E-state index contributed by atoms with van der Waals surface area (Å²) in [6.45, 7) is 0. The number of halogens is 1. The van der Waals surface area contributed by atoms with E-state index in [0.29, 0.717) is 5.92 Å². The molecule has 0 spiro atoms. The first kappa shape index (κ1) is 9.91. The smallest absolute Gasteiger partial charge is 0.145 e. The molecule has 2 aromatic rings. The lowest BCUT2D eigenvalue weighted by molar-refractivity contribution is 0.419. The van der Waals surface area contributed by atoms with Crippen LogP contribution in [0.15, 0.2) is 24.4 Å². The second-order valence-electron chi connectivity index (χ2n) is 4.15. The molecule has 0 bridgehead atoms. The molecule has 0 aliphatic heterocycles. The zero-order valence-electron chi connectivity index (χ0n) is 9.03. The van der Waals surface area contributed by atoms with Crippen molar-refractivity contribution < 1.29 is 4.74 Å². The maximum absolute atomic E-state index is 6.27. The number of hydrogen-bond acceptors (Lipinski definition) is 2. The predicted molar refractivity (Wildman–Crippen MR) is 65.3 cm³/mol. The first-order valence-electron chi connectivity index (χ1n) is 5.42. The van der Waals surface area contributed by atoms with Gasteiger partial charge in [0.05, 0.1) is 12.1 Å². The van der Waals surface area contributed by atoms with E-state index in [1.165, 1.54) is 18.4 Å². The summed E-state index contributed by atoms with van der Waals surface area (Å²) >= 11 is 6.27. The fourth-order valence-corrected chi connectivity index (χ4v) is 2.39. The van der Waals surface area contributed by atoms with E-state index in [2.05, 4.69) is 11.1 Å². The Morgan fingerprint density at radius 1 is 1.31 bits per heavy atom. The normalized spacial score (nSPS) is 15.4. The fourth-order valence-electron chi connectivity index (χ4n) is 2.12. The van der Waals surface area contributed by atoms with Crippen molar-refractivity contribution in [1.82, 2.24) is 4.98 Å². The first-order valence-corrected chi connectivity index (χ1v) is 5.80. The van der Waals surface area contributed by atoms with Crippen LogP contribution in [0.3, 0.4) is 0 Å². The molecule has 16 heavy (non-hydrogen) atoms. The monoisotopic (exact) mass is 233 g/mol. The van der Waals surface area contributed by atoms with Crippen molar-refractivity contribution in [3.8, 4) is 5.75 Å². The molecule has 0 atom stereocenters. The lowest BCUT2D eigenvalue weighted by Crippen LogP contribution is -1.91. The van der Waals surface area contributed by atoms with Crippen LogP contribution in [0.25, 0.3) is 10.9 Å². The number of benzene rings is 1. The Balaban J connectivity index is 2.36. The fraction of sp³-hybridized carbons (Fsp3) is 0.308. The van der Waals surface area contributed by atoms with Gasteiger partial charge >= 0.3 is 0 Å². The molecule has 1 aliphatic carbocycles. The van der Waals surface area contributed by atoms with Crippen molar-refractivity contribution in [3.63, 3.8) is 0 Å². The Bertz CT molecular complexity index is 549. The summed E-state index contributed by atoms with van der Waals surface area (Å²) in [5.74, 6) is 1.46.